The summed E-state index contributed by atoms with van der Waals surface area (Å²) in [6.45, 7) is 12.3. The van der Waals surface area contributed by atoms with Crippen molar-refractivity contribution >= 4 is 24.3 Å². The minimum absolute atomic E-state index is 0.0119. The average Bonchev–Trinajstić information content (AvgIpc) is 3.96. The van der Waals surface area contributed by atoms with Crippen LogP contribution < -0.4 is 10.6 Å². The van der Waals surface area contributed by atoms with Gasteiger partial charge in [-0.3, -0.25) is 9.59 Å². The van der Waals surface area contributed by atoms with Crippen molar-refractivity contribution in [3.05, 3.63) is 72.6 Å². The van der Waals surface area contributed by atoms with Crippen molar-refractivity contribution in [3.63, 3.8) is 0 Å². The van der Waals surface area contributed by atoms with Gasteiger partial charge in [0.2, 0.25) is 18.2 Å². The van der Waals surface area contributed by atoms with Crippen LogP contribution in [-0.2, 0) is 24.1 Å². The lowest BCUT2D eigenvalue weighted by Crippen LogP contribution is -2.51. The van der Waals surface area contributed by atoms with Crippen molar-refractivity contribution in [1.29, 1.82) is 0 Å². The summed E-state index contributed by atoms with van der Waals surface area (Å²) in [6, 6.07) is 14.6. The van der Waals surface area contributed by atoms with Crippen LogP contribution in [0.2, 0.25) is 0 Å². The zero-order valence-electron chi connectivity index (χ0n) is 32.3. The maximum Gasteiger partial charge on any atom is 0.407 e. The summed E-state index contributed by atoms with van der Waals surface area (Å²) in [5.74, 6) is 0.903. The van der Waals surface area contributed by atoms with Gasteiger partial charge in [0.05, 0.1) is 50.1 Å². The van der Waals surface area contributed by atoms with E-state index in [4.69, 9.17) is 9.62 Å². The Balaban J connectivity index is 1.24. The Kier molecular flexibility index (Phi) is 13.2. The van der Waals surface area contributed by atoms with Gasteiger partial charge in [0.25, 0.3) is 0 Å². The molecule has 0 spiro atoms. The largest absolute Gasteiger partial charge is 0.453 e. The van der Waals surface area contributed by atoms with Gasteiger partial charge in [-0.25, -0.2) is 19.8 Å². The molecule has 14 nitrogen and oxygen atoms in total. The van der Waals surface area contributed by atoms with E-state index in [0.717, 1.165) is 52.3 Å². The van der Waals surface area contributed by atoms with Crippen LogP contribution in [0.25, 0.3) is 33.6 Å². The predicted octanol–water partition coefficient (Wildman–Crippen LogP) is 6.62. The summed E-state index contributed by atoms with van der Waals surface area (Å²) in [5, 5.41) is 5.68. The van der Waals surface area contributed by atoms with E-state index >= 15 is 0 Å². The topological polar surface area (TPSA) is 176 Å². The van der Waals surface area contributed by atoms with Crippen molar-refractivity contribution in [2.24, 2.45) is 22.7 Å². The number of methoxy groups -OCH3 is 1. The molecule has 3 heterocycles. The Morgan fingerprint density at radius 2 is 1.41 bits per heavy atom. The van der Waals surface area contributed by atoms with E-state index < -0.39 is 24.2 Å². The van der Waals surface area contributed by atoms with Crippen molar-refractivity contribution in [2.75, 3.05) is 20.8 Å². The lowest BCUT2D eigenvalue weighted by Gasteiger charge is -2.27. The summed E-state index contributed by atoms with van der Waals surface area (Å²) in [7, 11) is 2.66. The molecule has 2 aromatic carbocycles. The Hall–Kier alpha value is -5.50. The van der Waals surface area contributed by atoms with Crippen molar-refractivity contribution < 1.29 is 28.9 Å². The molecular formula is C40H52N8O6. The van der Waals surface area contributed by atoms with Crippen molar-refractivity contribution in [3.8, 4) is 33.6 Å². The highest BCUT2D eigenvalue weighted by Crippen LogP contribution is 2.34. The monoisotopic (exact) mass is 740 g/mol. The number of hydrogen-bond donors (Lipinski definition) is 4. The molecule has 288 valence electrons. The number of benzene rings is 2. The van der Waals surface area contributed by atoms with Gasteiger partial charge in [0, 0.05) is 6.54 Å². The van der Waals surface area contributed by atoms with Crippen LogP contribution in [0.4, 0.5) is 4.79 Å². The van der Waals surface area contributed by atoms with Gasteiger partial charge in [-0.15, -0.1) is 0 Å². The normalized spacial score (nSPS) is 16.2. The fraction of sp³-hybridized carbons (Fsp3) is 0.450. The molecule has 14 heteroatoms. The number of nitrogens with one attached hydrogen (secondary N) is 4. The predicted molar refractivity (Wildman–Crippen MR) is 206 cm³/mol. The molecule has 1 fully saturated rings. The van der Waals surface area contributed by atoms with E-state index in [9.17, 15) is 14.4 Å². The van der Waals surface area contributed by atoms with Crippen LogP contribution in [0.3, 0.4) is 0 Å². The molecule has 3 amide bonds. The summed E-state index contributed by atoms with van der Waals surface area (Å²) in [5.41, 5.74) is 5.76. The quantitative estimate of drug-likeness (QED) is 0.0455. The van der Waals surface area contributed by atoms with E-state index in [1.807, 2.05) is 64.8 Å². The zero-order valence-corrected chi connectivity index (χ0v) is 32.3. The smallest absolute Gasteiger partial charge is 0.407 e. The highest BCUT2D eigenvalue weighted by Gasteiger charge is 2.36. The van der Waals surface area contributed by atoms with Crippen molar-refractivity contribution in [1.82, 2.24) is 35.5 Å². The fourth-order valence-electron chi connectivity index (χ4n) is 6.63. The van der Waals surface area contributed by atoms with Gasteiger partial charge in [-0.1, -0.05) is 90.1 Å². The number of aromatic amines is 2. The highest BCUT2D eigenvalue weighted by atomic mass is 17.2. The third-order valence-electron chi connectivity index (χ3n) is 9.68. The van der Waals surface area contributed by atoms with Gasteiger partial charge >= 0.3 is 6.09 Å². The molecule has 2 aromatic heterocycles. The Morgan fingerprint density at radius 3 is 1.96 bits per heavy atom. The minimum Gasteiger partial charge on any atom is -0.453 e. The highest BCUT2D eigenvalue weighted by molar-refractivity contribution is 5.86. The number of rotatable bonds is 15. The third-order valence-corrected chi connectivity index (χ3v) is 9.68. The summed E-state index contributed by atoms with van der Waals surface area (Å²) < 4.78 is 4.71. The molecule has 1 saturated heterocycles. The van der Waals surface area contributed by atoms with Crippen LogP contribution in [0.1, 0.15) is 78.1 Å². The molecule has 54 heavy (non-hydrogen) atoms. The third kappa shape index (κ3) is 9.34. The van der Waals surface area contributed by atoms with Gasteiger partial charge in [-0.2, -0.15) is 4.89 Å². The molecule has 1 aliphatic rings. The number of amides is 3. The summed E-state index contributed by atoms with van der Waals surface area (Å²) in [4.78, 5) is 70.3. The molecule has 0 aliphatic carbocycles. The molecule has 0 unspecified atom stereocenters. The first kappa shape index (κ1) is 39.7. The van der Waals surface area contributed by atoms with E-state index in [0.29, 0.717) is 12.4 Å². The second-order valence-electron chi connectivity index (χ2n) is 14.5. The molecule has 4 aromatic rings. The number of carbonyl (C=O) groups excluding carboxylic acids is 3. The fourth-order valence-corrected chi connectivity index (χ4v) is 6.63. The van der Waals surface area contributed by atoms with Crippen LogP contribution in [-0.4, -0.2) is 82.0 Å². The number of aromatic nitrogens is 4. The van der Waals surface area contributed by atoms with Gasteiger partial charge in [-0.05, 0) is 52.8 Å². The molecule has 4 atom stereocenters. The molecule has 0 saturated carbocycles. The van der Waals surface area contributed by atoms with Gasteiger partial charge in [0.1, 0.15) is 23.7 Å². The Morgan fingerprint density at radius 1 is 0.815 bits per heavy atom. The van der Waals surface area contributed by atoms with Crippen LogP contribution in [0.15, 0.2) is 65.9 Å². The molecule has 0 radical (unpaired) electrons. The SMILES string of the molecule is COOC=N[C@H](C(=O)N1CCC[C@H]1c1ncc(-c2ccc(-c3ccc(-c4cnc([C@@H](NC(=O)[C@@H](NC(=O)OC)C(C)C)C(C)C)[nH]4)cc3)cc2)[nH]1)C(C)C. The van der Waals surface area contributed by atoms with Gasteiger partial charge < -0.3 is 35.1 Å². The van der Waals surface area contributed by atoms with Crippen LogP contribution in [0, 0.1) is 17.8 Å². The Labute approximate surface area is 316 Å². The number of ether oxygens (including phenoxy) is 1. The summed E-state index contributed by atoms with van der Waals surface area (Å²) >= 11 is 0. The number of nitrogens with zero attached hydrogens (tertiary/aromatic N) is 4. The van der Waals surface area contributed by atoms with Crippen LogP contribution >= 0.6 is 0 Å². The molecule has 5 rings (SSSR count). The second-order valence-corrected chi connectivity index (χ2v) is 14.5. The Bertz CT molecular complexity index is 1880. The lowest BCUT2D eigenvalue weighted by molar-refractivity contribution is -0.188. The maximum absolute atomic E-state index is 13.5. The standard InChI is InChI=1S/C40H52N8O6/c1-23(2)33(46-38(49)34(24(3)4)47-40(51)52-7)37-42-21-31(45-37)29-17-13-27(14-18-29)26-11-15-28(16-12-26)30-20-41-36(44-30)32-10-9-19-48(32)39(50)35(25(5)6)43-22-54-53-8/h11-18,20-25,32-35H,9-10,19H2,1-8H3,(H,41,44)(H,42,45)(H,46,49)(H,47,51)/t32-,33-,34-,35-/m0/s1. The maximum atomic E-state index is 13.5. The minimum atomic E-state index is -0.751. The van der Waals surface area contributed by atoms with E-state index in [1.54, 1.807) is 6.20 Å². The lowest BCUT2D eigenvalue weighted by atomic mass is 10.00. The first-order valence-electron chi connectivity index (χ1n) is 18.4. The average molecular weight is 741 g/mol. The first-order chi connectivity index (χ1) is 25.9. The molecule has 0 bridgehead atoms. The molecular weight excluding hydrogens is 688 g/mol. The van der Waals surface area contributed by atoms with Crippen LogP contribution in [0.5, 0.6) is 0 Å². The molecule has 1 aliphatic heterocycles. The number of likely N-dealkylation sites (tertiary alicyclic amines) is 1. The second kappa shape index (κ2) is 18.0. The first-order valence-corrected chi connectivity index (χ1v) is 18.4. The number of imidazole rings is 2. The zero-order chi connectivity index (χ0) is 38.9. The molecule has 4 N–H and O–H groups in total. The number of carbonyl (C=O) groups is 3. The number of hydrogen-bond acceptors (Lipinski definition) is 9. The van der Waals surface area contributed by atoms with Gasteiger partial charge in [0.15, 0.2) is 0 Å². The summed E-state index contributed by atoms with van der Waals surface area (Å²) in [6.07, 6.45) is 5.81. The van der Waals surface area contributed by atoms with E-state index in [2.05, 4.69) is 76.8 Å². The number of alkyl carbamates (subject to hydrolysis) is 1. The van der Waals surface area contributed by atoms with Crippen molar-refractivity contribution in [2.45, 2.75) is 78.6 Å². The van der Waals surface area contributed by atoms with E-state index in [1.165, 1.54) is 20.6 Å². The number of aliphatic imine (C=N–C) groups is 1. The van der Waals surface area contributed by atoms with E-state index in [-0.39, 0.29) is 35.6 Å². The number of H-pyrrole nitrogens is 2.